The molecule has 0 unspecified atom stereocenters. The van der Waals surface area contributed by atoms with E-state index in [-0.39, 0.29) is 18.6 Å². The summed E-state index contributed by atoms with van der Waals surface area (Å²) in [6.07, 6.45) is 1.04. The van der Waals surface area contributed by atoms with Crippen LogP contribution in [0.3, 0.4) is 0 Å². The summed E-state index contributed by atoms with van der Waals surface area (Å²) in [7, 11) is 0. The molecule has 4 nitrogen and oxygen atoms in total. The normalized spacial score (nSPS) is 16.2. The summed E-state index contributed by atoms with van der Waals surface area (Å²) in [5, 5.41) is 15.8. The zero-order valence-corrected chi connectivity index (χ0v) is 14.1. The Labute approximate surface area is 143 Å². The first kappa shape index (κ1) is 15.3. The molecule has 3 rings (SSSR count). The first-order valence-electron chi connectivity index (χ1n) is 7.20. The van der Waals surface area contributed by atoms with Crippen LogP contribution in [0.2, 0.25) is 0 Å². The van der Waals surface area contributed by atoms with Crippen LogP contribution in [-0.4, -0.2) is 23.7 Å². The second-order valence-electron chi connectivity index (χ2n) is 5.39. The molecule has 0 saturated heterocycles. The van der Waals surface area contributed by atoms with Gasteiger partial charge in [-0.15, -0.1) is 0 Å². The monoisotopic (exact) mass is 408 g/mol. The van der Waals surface area contributed by atoms with Gasteiger partial charge in [0.1, 0.15) is 0 Å². The number of hydrogen-bond donors (Lipinski definition) is 3. The van der Waals surface area contributed by atoms with Gasteiger partial charge in [-0.2, -0.15) is 0 Å². The fourth-order valence-electron chi connectivity index (χ4n) is 2.73. The predicted molar refractivity (Wildman–Crippen MR) is 96.1 cm³/mol. The summed E-state index contributed by atoms with van der Waals surface area (Å²) in [4.78, 5) is 12.1. The van der Waals surface area contributed by atoms with Crippen molar-refractivity contribution < 1.29 is 9.90 Å². The van der Waals surface area contributed by atoms with Crippen LogP contribution in [-0.2, 0) is 17.6 Å². The number of benzene rings is 2. The quantitative estimate of drug-likeness (QED) is 0.682. The van der Waals surface area contributed by atoms with Gasteiger partial charge in [0.25, 0.3) is 0 Å². The van der Waals surface area contributed by atoms with E-state index in [1.54, 1.807) is 0 Å². The highest BCUT2D eigenvalue weighted by molar-refractivity contribution is 14.1. The van der Waals surface area contributed by atoms with Crippen molar-refractivity contribution in [2.24, 2.45) is 0 Å². The first-order valence-corrected chi connectivity index (χ1v) is 8.28. The number of carbonyl (C=O) groups excluding carboxylic acids is 1. The van der Waals surface area contributed by atoms with Crippen molar-refractivity contribution in [3.8, 4) is 0 Å². The molecule has 0 spiro atoms. The minimum absolute atomic E-state index is 0.0831. The lowest BCUT2D eigenvalue weighted by Crippen LogP contribution is -2.22. The summed E-state index contributed by atoms with van der Waals surface area (Å²) in [5.41, 5.74) is 4.04. The van der Waals surface area contributed by atoms with Crippen LogP contribution in [0.4, 0.5) is 11.4 Å². The standard InChI is InChI=1S/C17H17IN2O2/c18-14-5-1-2-6-16(14)20-17(22)10-19-15-7-3-4-11-8-12(21)9-13(11)15/h1-7,12,19,21H,8-10H2,(H,20,22)/t12-/m0/s1. The SMILES string of the molecule is O=C(CNc1cccc2c1C[C@@H](O)C2)Nc1ccccc1I. The number of rotatable bonds is 4. The molecule has 0 bridgehead atoms. The van der Waals surface area contributed by atoms with Gasteiger partial charge in [0.05, 0.1) is 18.3 Å². The Balaban J connectivity index is 1.63. The molecule has 0 saturated carbocycles. The number of nitrogens with one attached hydrogen (secondary N) is 2. The van der Waals surface area contributed by atoms with Crippen LogP contribution < -0.4 is 10.6 Å². The van der Waals surface area contributed by atoms with Gasteiger partial charge >= 0.3 is 0 Å². The van der Waals surface area contributed by atoms with E-state index in [0.717, 1.165) is 26.1 Å². The van der Waals surface area contributed by atoms with Crippen molar-refractivity contribution in [2.45, 2.75) is 18.9 Å². The predicted octanol–water partition coefficient (Wildman–Crippen LogP) is 2.80. The van der Waals surface area contributed by atoms with Crippen molar-refractivity contribution in [3.05, 3.63) is 57.2 Å². The van der Waals surface area contributed by atoms with Crippen LogP contribution in [0.1, 0.15) is 11.1 Å². The number of amides is 1. The second kappa shape index (κ2) is 6.66. The molecule has 0 radical (unpaired) electrons. The van der Waals surface area contributed by atoms with Crippen LogP contribution in [0.15, 0.2) is 42.5 Å². The number of aliphatic hydroxyl groups is 1. The number of carbonyl (C=O) groups is 1. The van der Waals surface area contributed by atoms with Crippen LogP contribution in [0, 0.1) is 3.57 Å². The van der Waals surface area contributed by atoms with Gasteiger partial charge in [-0.1, -0.05) is 24.3 Å². The number of halogens is 1. The first-order chi connectivity index (χ1) is 10.6. The lowest BCUT2D eigenvalue weighted by atomic mass is 10.1. The highest BCUT2D eigenvalue weighted by Crippen LogP contribution is 2.28. The zero-order chi connectivity index (χ0) is 15.5. The van der Waals surface area contributed by atoms with Crippen LogP contribution >= 0.6 is 22.6 Å². The van der Waals surface area contributed by atoms with E-state index in [1.165, 1.54) is 0 Å². The van der Waals surface area contributed by atoms with Gasteiger partial charge < -0.3 is 15.7 Å². The third kappa shape index (κ3) is 3.41. The fraction of sp³-hybridized carbons (Fsp3) is 0.235. The van der Waals surface area contributed by atoms with Gasteiger partial charge in [-0.25, -0.2) is 0 Å². The number of hydrogen-bond acceptors (Lipinski definition) is 3. The van der Waals surface area contributed by atoms with Crippen molar-refractivity contribution in [2.75, 3.05) is 17.2 Å². The summed E-state index contributed by atoms with van der Waals surface area (Å²) in [6, 6.07) is 13.6. The third-order valence-electron chi connectivity index (χ3n) is 3.76. The number of fused-ring (bicyclic) bond motifs is 1. The Morgan fingerprint density at radius 3 is 2.73 bits per heavy atom. The van der Waals surface area contributed by atoms with Crippen molar-refractivity contribution in [1.29, 1.82) is 0 Å². The molecular formula is C17H17IN2O2. The zero-order valence-electron chi connectivity index (χ0n) is 12.0. The average Bonchev–Trinajstić information content (AvgIpc) is 2.88. The van der Waals surface area contributed by atoms with Crippen molar-refractivity contribution in [1.82, 2.24) is 0 Å². The highest BCUT2D eigenvalue weighted by Gasteiger charge is 2.21. The lowest BCUT2D eigenvalue weighted by molar-refractivity contribution is -0.114. The fourth-order valence-corrected chi connectivity index (χ4v) is 3.25. The molecule has 1 amide bonds. The summed E-state index contributed by atoms with van der Waals surface area (Å²) in [5.74, 6) is -0.0831. The Kier molecular flexibility index (Phi) is 4.63. The molecule has 3 N–H and O–H groups in total. The van der Waals surface area contributed by atoms with Gasteiger partial charge in [0.15, 0.2) is 0 Å². The largest absolute Gasteiger partial charge is 0.392 e. The molecule has 0 aliphatic heterocycles. The van der Waals surface area contributed by atoms with Gasteiger partial charge in [0.2, 0.25) is 5.91 Å². The van der Waals surface area contributed by atoms with Crippen molar-refractivity contribution >= 4 is 39.9 Å². The van der Waals surface area contributed by atoms with Crippen LogP contribution in [0.5, 0.6) is 0 Å². The molecule has 114 valence electrons. The maximum atomic E-state index is 12.1. The second-order valence-corrected chi connectivity index (χ2v) is 6.55. The number of anilines is 2. The van der Waals surface area contributed by atoms with E-state index >= 15 is 0 Å². The van der Waals surface area contributed by atoms with E-state index in [9.17, 15) is 9.90 Å². The third-order valence-corrected chi connectivity index (χ3v) is 4.70. The molecule has 1 aliphatic carbocycles. The Morgan fingerprint density at radius 1 is 1.14 bits per heavy atom. The number of aliphatic hydroxyl groups excluding tert-OH is 1. The molecule has 0 aromatic heterocycles. The molecule has 1 aliphatic rings. The number of para-hydroxylation sites is 1. The smallest absolute Gasteiger partial charge is 0.243 e. The van der Waals surface area contributed by atoms with Gasteiger partial charge in [-0.05, 0) is 58.3 Å². The van der Waals surface area contributed by atoms with E-state index in [0.29, 0.717) is 12.8 Å². The maximum Gasteiger partial charge on any atom is 0.243 e. The minimum Gasteiger partial charge on any atom is -0.392 e. The maximum absolute atomic E-state index is 12.1. The topological polar surface area (TPSA) is 61.4 Å². The molecule has 5 heteroatoms. The van der Waals surface area contributed by atoms with E-state index in [1.807, 2.05) is 42.5 Å². The summed E-state index contributed by atoms with van der Waals surface area (Å²) >= 11 is 2.20. The Bertz CT molecular complexity index is 703. The van der Waals surface area contributed by atoms with E-state index in [4.69, 9.17) is 0 Å². The molecule has 2 aromatic rings. The van der Waals surface area contributed by atoms with Gasteiger partial charge in [0, 0.05) is 15.7 Å². The molecule has 1 atom stereocenters. The molecule has 22 heavy (non-hydrogen) atoms. The molecule has 0 heterocycles. The van der Waals surface area contributed by atoms with Crippen molar-refractivity contribution in [3.63, 3.8) is 0 Å². The Morgan fingerprint density at radius 2 is 1.91 bits per heavy atom. The minimum atomic E-state index is -0.308. The highest BCUT2D eigenvalue weighted by atomic mass is 127. The van der Waals surface area contributed by atoms with E-state index in [2.05, 4.69) is 33.2 Å². The lowest BCUT2D eigenvalue weighted by Gasteiger charge is -2.12. The van der Waals surface area contributed by atoms with E-state index < -0.39 is 0 Å². The average molecular weight is 408 g/mol. The molecule has 2 aromatic carbocycles. The molecule has 0 fully saturated rings. The Hall–Kier alpha value is -1.60. The van der Waals surface area contributed by atoms with Gasteiger partial charge in [-0.3, -0.25) is 4.79 Å². The summed E-state index contributed by atoms with van der Waals surface area (Å²) < 4.78 is 1.01. The summed E-state index contributed by atoms with van der Waals surface area (Å²) in [6.45, 7) is 0.206. The molecular weight excluding hydrogens is 391 g/mol. The van der Waals surface area contributed by atoms with Crippen LogP contribution in [0.25, 0.3) is 0 Å².